The molecule has 2 N–H and O–H groups in total. The van der Waals surface area contributed by atoms with E-state index in [0.717, 1.165) is 19.3 Å². The van der Waals surface area contributed by atoms with Crippen LogP contribution in [0.3, 0.4) is 0 Å². The summed E-state index contributed by atoms with van der Waals surface area (Å²) in [7, 11) is 0. The van der Waals surface area contributed by atoms with E-state index in [2.05, 4.69) is 0 Å². The molecule has 1 aliphatic rings. The summed E-state index contributed by atoms with van der Waals surface area (Å²) in [4.78, 5) is 11.6. The first kappa shape index (κ1) is 12.1. The van der Waals surface area contributed by atoms with E-state index in [1.54, 1.807) is 0 Å². The van der Waals surface area contributed by atoms with Crippen molar-refractivity contribution >= 4 is 5.97 Å². The number of rotatable bonds is 5. The number of esters is 1. The van der Waals surface area contributed by atoms with Gasteiger partial charge in [0.25, 0.3) is 0 Å². The van der Waals surface area contributed by atoms with E-state index in [9.17, 15) is 4.79 Å². The van der Waals surface area contributed by atoms with Gasteiger partial charge in [-0.1, -0.05) is 36.8 Å². The Labute approximate surface area is 102 Å². The maximum Gasteiger partial charge on any atom is 0.323 e. The summed E-state index contributed by atoms with van der Waals surface area (Å²) >= 11 is 0. The van der Waals surface area contributed by atoms with Crippen molar-refractivity contribution in [1.82, 2.24) is 0 Å². The van der Waals surface area contributed by atoms with E-state index in [-0.39, 0.29) is 5.97 Å². The smallest absolute Gasteiger partial charge is 0.323 e. The molecular weight excluding hydrogens is 214 g/mol. The number of hydrogen-bond acceptors (Lipinski definition) is 3. The lowest BCUT2D eigenvalue weighted by molar-refractivity contribution is -0.147. The highest BCUT2D eigenvalue weighted by Crippen LogP contribution is 2.28. The first-order valence-corrected chi connectivity index (χ1v) is 6.23. The molecule has 0 radical (unpaired) electrons. The van der Waals surface area contributed by atoms with Crippen molar-refractivity contribution in [3.63, 3.8) is 0 Å². The molecule has 2 rings (SSSR count). The lowest BCUT2D eigenvalue weighted by Gasteiger charge is -2.29. The van der Waals surface area contributed by atoms with Crippen molar-refractivity contribution in [3.8, 4) is 0 Å². The van der Waals surface area contributed by atoms with Crippen LogP contribution < -0.4 is 5.73 Å². The second-order valence-electron chi connectivity index (χ2n) is 4.62. The zero-order valence-corrected chi connectivity index (χ0v) is 9.97. The molecule has 0 aromatic heterocycles. The highest BCUT2D eigenvalue weighted by atomic mass is 16.5. The molecule has 1 atom stereocenters. The van der Waals surface area contributed by atoms with Gasteiger partial charge in [0, 0.05) is 6.42 Å². The van der Waals surface area contributed by atoms with Crippen LogP contribution in [0.5, 0.6) is 0 Å². The van der Waals surface area contributed by atoms with E-state index in [1.165, 1.54) is 12.0 Å². The van der Waals surface area contributed by atoms with Gasteiger partial charge in [-0.15, -0.1) is 0 Å². The van der Waals surface area contributed by atoms with Gasteiger partial charge in [-0.25, -0.2) is 0 Å². The van der Waals surface area contributed by atoms with Gasteiger partial charge < -0.3 is 10.5 Å². The highest BCUT2D eigenvalue weighted by Gasteiger charge is 2.30. The average molecular weight is 233 g/mol. The van der Waals surface area contributed by atoms with E-state index >= 15 is 0 Å². The van der Waals surface area contributed by atoms with Crippen molar-refractivity contribution in [2.24, 2.45) is 11.7 Å². The van der Waals surface area contributed by atoms with Crippen LogP contribution in [0, 0.1) is 5.92 Å². The Hall–Kier alpha value is -1.35. The molecule has 92 valence electrons. The van der Waals surface area contributed by atoms with Crippen molar-refractivity contribution in [1.29, 1.82) is 0 Å². The lowest BCUT2D eigenvalue weighted by Crippen LogP contribution is -2.42. The molecule has 0 spiro atoms. The topological polar surface area (TPSA) is 52.3 Å². The van der Waals surface area contributed by atoms with Gasteiger partial charge in [-0.2, -0.15) is 0 Å². The van der Waals surface area contributed by atoms with Crippen LogP contribution >= 0.6 is 0 Å². The zero-order valence-electron chi connectivity index (χ0n) is 9.97. The van der Waals surface area contributed by atoms with Crippen LogP contribution in [0.2, 0.25) is 0 Å². The SMILES string of the molecule is NC(C(=O)OCCc1ccccc1)C1CCC1. The number of ether oxygens (including phenoxy) is 1. The number of carbonyl (C=O) groups is 1. The Morgan fingerprint density at radius 3 is 2.65 bits per heavy atom. The van der Waals surface area contributed by atoms with Gasteiger partial charge in [0.15, 0.2) is 0 Å². The largest absolute Gasteiger partial charge is 0.464 e. The number of benzene rings is 1. The molecule has 1 fully saturated rings. The minimum Gasteiger partial charge on any atom is -0.464 e. The maximum atomic E-state index is 11.6. The van der Waals surface area contributed by atoms with Gasteiger partial charge in [0.1, 0.15) is 6.04 Å². The van der Waals surface area contributed by atoms with Crippen LogP contribution in [0.1, 0.15) is 24.8 Å². The zero-order chi connectivity index (χ0) is 12.1. The normalized spacial score (nSPS) is 17.2. The summed E-state index contributed by atoms with van der Waals surface area (Å²) in [6.45, 7) is 0.420. The summed E-state index contributed by atoms with van der Waals surface area (Å²) < 4.78 is 5.20. The summed E-state index contributed by atoms with van der Waals surface area (Å²) in [5.74, 6) is 0.102. The molecule has 3 heteroatoms. The Balaban J connectivity index is 1.69. The van der Waals surface area contributed by atoms with Crippen molar-refractivity contribution in [3.05, 3.63) is 35.9 Å². The third kappa shape index (κ3) is 3.30. The monoisotopic (exact) mass is 233 g/mol. The quantitative estimate of drug-likeness (QED) is 0.790. The third-order valence-corrected chi connectivity index (χ3v) is 3.41. The second-order valence-corrected chi connectivity index (χ2v) is 4.62. The molecule has 0 bridgehead atoms. The summed E-state index contributed by atoms with van der Waals surface area (Å²) in [5.41, 5.74) is 7.01. The van der Waals surface area contributed by atoms with Crippen LogP contribution in [0.25, 0.3) is 0 Å². The van der Waals surface area contributed by atoms with Gasteiger partial charge in [-0.3, -0.25) is 4.79 Å². The summed E-state index contributed by atoms with van der Waals surface area (Å²) in [5, 5.41) is 0. The van der Waals surface area contributed by atoms with E-state index in [0.29, 0.717) is 12.5 Å². The minimum absolute atomic E-state index is 0.245. The van der Waals surface area contributed by atoms with Crippen LogP contribution in [-0.4, -0.2) is 18.6 Å². The maximum absolute atomic E-state index is 11.6. The van der Waals surface area contributed by atoms with E-state index in [1.807, 2.05) is 30.3 Å². The Kier molecular flexibility index (Phi) is 4.15. The fourth-order valence-corrected chi connectivity index (χ4v) is 2.00. The molecule has 0 saturated heterocycles. The van der Waals surface area contributed by atoms with Crippen LogP contribution in [0.15, 0.2) is 30.3 Å². The molecule has 1 aromatic rings. The highest BCUT2D eigenvalue weighted by molar-refractivity contribution is 5.76. The third-order valence-electron chi connectivity index (χ3n) is 3.41. The van der Waals surface area contributed by atoms with Crippen LogP contribution in [-0.2, 0) is 16.0 Å². The van der Waals surface area contributed by atoms with Gasteiger partial charge >= 0.3 is 5.97 Å². The molecule has 3 nitrogen and oxygen atoms in total. The molecule has 0 aliphatic heterocycles. The molecule has 0 heterocycles. The fourth-order valence-electron chi connectivity index (χ4n) is 2.00. The molecule has 1 aromatic carbocycles. The van der Waals surface area contributed by atoms with E-state index < -0.39 is 6.04 Å². The lowest BCUT2D eigenvalue weighted by atomic mass is 9.80. The van der Waals surface area contributed by atoms with E-state index in [4.69, 9.17) is 10.5 Å². The molecular formula is C14H19NO2. The second kappa shape index (κ2) is 5.82. The summed E-state index contributed by atoms with van der Waals surface area (Å²) in [6.07, 6.45) is 4.07. The fraction of sp³-hybridized carbons (Fsp3) is 0.500. The predicted molar refractivity (Wildman–Crippen MR) is 66.4 cm³/mol. The minimum atomic E-state index is -0.417. The Morgan fingerprint density at radius 1 is 1.35 bits per heavy atom. The molecule has 0 amide bonds. The predicted octanol–water partition coefficient (Wildman–Crippen LogP) is 1.90. The standard InChI is InChI=1S/C14H19NO2/c15-13(12-7-4-8-12)14(16)17-10-9-11-5-2-1-3-6-11/h1-3,5-6,12-13H,4,7-10,15H2. The van der Waals surface area contributed by atoms with Gasteiger partial charge in [0.2, 0.25) is 0 Å². The average Bonchev–Trinajstić information content (AvgIpc) is 2.28. The Bertz CT molecular complexity index is 360. The molecule has 1 aliphatic carbocycles. The molecule has 1 saturated carbocycles. The van der Waals surface area contributed by atoms with Crippen molar-refractivity contribution in [2.45, 2.75) is 31.7 Å². The Morgan fingerprint density at radius 2 is 2.06 bits per heavy atom. The van der Waals surface area contributed by atoms with Crippen LogP contribution in [0.4, 0.5) is 0 Å². The summed E-state index contributed by atoms with van der Waals surface area (Å²) in [6, 6.07) is 9.58. The number of hydrogen-bond donors (Lipinski definition) is 1. The van der Waals surface area contributed by atoms with Gasteiger partial charge in [-0.05, 0) is 24.3 Å². The molecule has 1 unspecified atom stereocenters. The van der Waals surface area contributed by atoms with Crippen molar-refractivity contribution in [2.75, 3.05) is 6.61 Å². The van der Waals surface area contributed by atoms with Crippen molar-refractivity contribution < 1.29 is 9.53 Å². The number of nitrogens with two attached hydrogens (primary N) is 1. The number of carbonyl (C=O) groups excluding carboxylic acids is 1. The molecule has 17 heavy (non-hydrogen) atoms. The first-order chi connectivity index (χ1) is 8.27. The first-order valence-electron chi connectivity index (χ1n) is 6.23. The van der Waals surface area contributed by atoms with Gasteiger partial charge in [0.05, 0.1) is 6.61 Å².